The van der Waals surface area contributed by atoms with Crippen LogP contribution < -0.4 is 26.6 Å². The van der Waals surface area contributed by atoms with Gasteiger partial charge in [0.05, 0.1) is 28.9 Å². The van der Waals surface area contributed by atoms with Gasteiger partial charge in [0.1, 0.15) is 5.50 Å². The van der Waals surface area contributed by atoms with Crippen LogP contribution in [-0.2, 0) is 14.3 Å². The highest BCUT2D eigenvalue weighted by Gasteiger charge is 2.48. The first-order valence-corrected chi connectivity index (χ1v) is 15.6. The van der Waals surface area contributed by atoms with E-state index in [0.29, 0.717) is 38.1 Å². The number of hydrogen-bond acceptors (Lipinski definition) is 8. The average molecular weight is 578 g/mol. The van der Waals surface area contributed by atoms with Gasteiger partial charge in [-0.3, -0.25) is 20.2 Å². The third kappa shape index (κ3) is 6.21. The number of piperidine rings is 3. The molecular weight excluding hydrogens is 535 g/mol. The second-order valence-electron chi connectivity index (χ2n) is 11.7. The van der Waals surface area contributed by atoms with E-state index in [2.05, 4.69) is 40.4 Å². The molecule has 37 heavy (non-hydrogen) atoms. The number of methoxy groups -OCH3 is 1. The lowest BCUT2D eigenvalue weighted by Crippen LogP contribution is -2.57. The maximum absolute atomic E-state index is 13.6. The lowest BCUT2D eigenvalue weighted by Gasteiger charge is -2.45. The van der Waals surface area contributed by atoms with Gasteiger partial charge in [-0.2, -0.15) is 0 Å². The fourth-order valence-electron chi connectivity index (χ4n) is 7.00. The van der Waals surface area contributed by atoms with Crippen molar-refractivity contribution in [1.82, 2.24) is 31.5 Å². The monoisotopic (exact) mass is 576 g/mol. The van der Waals surface area contributed by atoms with Crippen molar-refractivity contribution in [1.29, 1.82) is 0 Å². The molecule has 5 aliphatic heterocycles. The van der Waals surface area contributed by atoms with Crippen LogP contribution in [0, 0.1) is 29.6 Å². The molecule has 12 heteroatoms. The highest BCUT2D eigenvalue weighted by molar-refractivity contribution is 8.00. The predicted octanol–water partition coefficient (Wildman–Crippen LogP) is 0.916. The van der Waals surface area contributed by atoms with Crippen molar-refractivity contribution in [3.05, 3.63) is 0 Å². The largest absolute Gasteiger partial charge is 0.380 e. The molecule has 210 valence electrons. The molecule has 12 atom stereocenters. The van der Waals surface area contributed by atoms with E-state index in [4.69, 9.17) is 27.9 Å². The van der Waals surface area contributed by atoms with Crippen molar-refractivity contribution in [3.8, 4) is 0 Å². The van der Waals surface area contributed by atoms with Gasteiger partial charge in [0.15, 0.2) is 0 Å². The topological polar surface area (TPSA) is 107 Å². The number of fused-ring (bicyclic) bond motifs is 1. The molecular formula is C25H42Cl2N6O3S. The normalized spacial score (nSPS) is 46.5. The molecule has 12 unspecified atom stereocenters. The number of hydrogen-bond donors (Lipinski definition) is 5. The summed E-state index contributed by atoms with van der Waals surface area (Å²) < 4.78 is 5.80. The van der Waals surface area contributed by atoms with Crippen molar-refractivity contribution in [2.75, 3.05) is 39.8 Å². The van der Waals surface area contributed by atoms with Crippen LogP contribution in [0.15, 0.2) is 0 Å². The van der Waals surface area contributed by atoms with Gasteiger partial charge in [-0.05, 0) is 50.5 Å². The number of nitrogens with one attached hydrogen (secondary N) is 5. The number of nitrogens with zero attached hydrogens (tertiary/aromatic N) is 1. The number of amides is 2. The van der Waals surface area contributed by atoms with Crippen molar-refractivity contribution < 1.29 is 14.3 Å². The minimum Gasteiger partial charge on any atom is -0.380 e. The van der Waals surface area contributed by atoms with Crippen LogP contribution in [0.2, 0.25) is 0 Å². The summed E-state index contributed by atoms with van der Waals surface area (Å²) in [5.74, 6) is 0.796. The molecule has 0 aromatic carbocycles. The molecule has 0 bridgehead atoms. The SMILES string of the molecule is COC1CNC(Cl)CC1C1CC(C)NCC1C(=O)NC1NC2CN(C(=O)C3CC(C)CNC3Cl)CC2S1. The second-order valence-corrected chi connectivity index (χ2v) is 14.0. The van der Waals surface area contributed by atoms with E-state index >= 15 is 0 Å². The van der Waals surface area contributed by atoms with Crippen LogP contribution in [-0.4, -0.2) is 96.5 Å². The van der Waals surface area contributed by atoms with E-state index in [9.17, 15) is 9.59 Å². The maximum atomic E-state index is 13.6. The van der Waals surface area contributed by atoms with Gasteiger partial charge in [0.25, 0.3) is 0 Å². The Bertz CT molecular complexity index is 830. The van der Waals surface area contributed by atoms with E-state index in [0.717, 1.165) is 25.8 Å². The van der Waals surface area contributed by atoms with Gasteiger partial charge in [-0.25, -0.2) is 0 Å². The van der Waals surface area contributed by atoms with E-state index in [-0.39, 0.29) is 69.4 Å². The maximum Gasteiger partial charge on any atom is 0.228 e. The Kier molecular flexibility index (Phi) is 9.18. The van der Waals surface area contributed by atoms with Crippen LogP contribution in [0.1, 0.15) is 33.1 Å². The molecule has 5 aliphatic rings. The van der Waals surface area contributed by atoms with Gasteiger partial charge < -0.3 is 25.6 Å². The Labute approximate surface area is 234 Å². The highest BCUT2D eigenvalue weighted by atomic mass is 35.5. The Morgan fingerprint density at radius 1 is 0.973 bits per heavy atom. The summed E-state index contributed by atoms with van der Waals surface area (Å²) in [6.45, 7) is 7.90. The smallest absolute Gasteiger partial charge is 0.228 e. The number of thioether (sulfide) groups is 1. The van der Waals surface area contributed by atoms with Crippen LogP contribution in [0.5, 0.6) is 0 Å². The minimum atomic E-state index is -0.303. The molecule has 5 fully saturated rings. The summed E-state index contributed by atoms with van der Waals surface area (Å²) in [5, 5.41) is 17.2. The molecule has 0 radical (unpaired) electrons. The lowest BCUT2D eigenvalue weighted by atomic mass is 9.70. The summed E-state index contributed by atoms with van der Waals surface area (Å²) in [7, 11) is 1.75. The van der Waals surface area contributed by atoms with Gasteiger partial charge in [-0.1, -0.05) is 6.92 Å². The van der Waals surface area contributed by atoms with E-state index in [1.807, 2.05) is 4.90 Å². The molecule has 0 spiro atoms. The number of carbonyl (C=O) groups is 2. The number of halogens is 2. The van der Waals surface area contributed by atoms with Crippen molar-refractivity contribution in [2.45, 2.75) is 73.0 Å². The Balaban J connectivity index is 1.16. The van der Waals surface area contributed by atoms with Gasteiger partial charge in [-0.15, -0.1) is 35.0 Å². The quantitative estimate of drug-likeness (QED) is 0.243. The zero-order valence-corrected chi connectivity index (χ0v) is 24.2. The molecule has 0 aromatic heterocycles. The summed E-state index contributed by atoms with van der Waals surface area (Å²) in [5.41, 5.74) is -0.545. The molecule has 0 aliphatic carbocycles. The first kappa shape index (κ1) is 28.2. The van der Waals surface area contributed by atoms with Crippen molar-refractivity contribution in [3.63, 3.8) is 0 Å². The standard InChI is InChI=1S/C25H42Cl2N6O3S/c1-12-4-16(22(27)30-7-12)24(35)33-10-18-20(11-33)37-25(31-18)32-23(34)17-8-28-13(2)5-14(17)15-6-21(26)29-9-19(15)36-3/h12-22,25,28-31H,4-11H2,1-3H3,(H,32,34). The lowest BCUT2D eigenvalue weighted by molar-refractivity contribution is -0.136. The second kappa shape index (κ2) is 12.0. The summed E-state index contributed by atoms with van der Waals surface area (Å²) >= 11 is 14.6. The van der Waals surface area contributed by atoms with Gasteiger partial charge >= 0.3 is 0 Å². The summed E-state index contributed by atoms with van der Waals surface area (Å²) in [6.07, 6.45) is 2.60. The van der Waals surface area contributed by atoms with Crippen molar-refractivity contribution >= 4 is 46.8 Å². The summed E-state index contributed by atoms with van der Waals surface area (Å²) in [6, 6.07) is 0.522. The van der Waals surface area contributed by atoms with Crippen LogP contribution in [0.4, 0.5) is 0 Å². The number of carbonyl (C=O) groups excluding carboxylic acids is 2. The Morgan fingerprint density at radius 3 is 2.54 bits per heavy atom. The third-order valence-electron chi connectivity index (χ3n) is 9.03. The molecule has 5 saturated heterocycles. The van der Waals surface area contributed by atoms with Crippen LogP contribution >= 0.6 is 35.0 Å². The molecule has 2 amide bonds. The molecule has 9 nitrogen and oxygen atoms in total. The molecule has 0 aromatic rings. The first-order valence-electron chi connectivity index (χ1n) is 13.7. The molecule has 5 heterocycles. The van der Waals surface area contributed by atoms with E-state index in [1.54, 1.807) is 18.9 Å². The zero-order chi connectivity index (χ0) is 26.3. The van der Waals surface area contributed by atoms with Crippen LogP contribution in [0.25, 0.3) is 0 Å². The number of alkyl halides is 2. The molecule has 5 rings (SSSR count). The van der Waals surface area contributed by atoms with Gasteiger partial charge in [0.2, 0.25) is 11.8 Å². The Hall–Kier alpha value is -0.330. The minimum absolute atomic E-state index is 0.0531. The van der Waals surface area contributed by atoms with Crippen molar-refractivity contribution in [2.24, 2.45) is 29.6 Å². The molecule has 5 N–H and O–H groups in total. The molecule has 0 saturated carbocycles. The van der Waals surface area contributed by atoms with E-state index in [1.165, 1.54) is 0 Å². The highest BCUT2D eigenvalue weighted by Crippen LogP contribution is 2.39. The van der Waals surface area contributed by atoms with E-state index < -0.39 is 0 Å². The first-order chi connectivity index (χ1) is 17.7. The van der Waals surface area contributed by atoms with Gasteiger partial charge in [0, 0.05) is 50.6 Å². The fourth-order valence-corrected chi connectivity index (χ4v) is 9.00. The average Bonchev–Trinajstić information content (AvgIpc) is 3.43. The number of ether oxygens (including phenoxy) is 1. The summed E-state index contributed by atoms with van der Waals surface area (Å²) in [4.78, 5) is 28.7. The Morgan fingerprint density at radius 2 is 1.78 bits per heavy atom. The van der Waals surface area contributed by atoms with Crippen LogP contribution in [0.3, 0.4) is 0 Å². The predicted molar refractivity (Wildman–Crippen MR) is 147 cm³/mol. The zero-order valence-electron chi connectivity index (χ0n) is 21.9. The number of rotatable bonds is 5. The number of likely N-dealkylation sites (tertiary alicyclic amines) is 1. The third-order valence-corrected chi connectivity index (χ3v) is 11.2. The fraction of sp³-hybridized carbons (Fsp3) is 0.920.